The Labute approximate surface area is 235 Å². The van der Waals surface area contributed by atoms with Crippen molar-refractivity contribution in [2.24, 2.45) is 7.05 Å². The lowest BCUT2D eigenvalue weighted by Crippen LogP contribution is -2.35. The Hall–Kier alpha value is -3.94. The molecular weight excluding hydrogens is 558 g/mol. The van der Waals surface area contributed by atoms with Crippen molar-refractivity contribution in [3.05, 3.63) is 87.7 Å². The minimum absolute atomic E-state index is 0.00993. The minimum atomic E-state index is -4.62. The summed E-state index contributed by atoms with van der Waals surface area (Å²) in [6.07, 6.45) is 1.33. The van der Waals surface area contributed by atoms with Gasteiger partial charge in [0, 0.05) is 31.5 Å². The third-order valence-electron chi connectivity index (χ3n) is 6.56. The Bertz CT molecular complexity index is 1710. The van der Waals surface area contributed by atoms with E-state index < -0.39 is 43.8 Å². The van der Waals surface area contributed by atoms with Gasteiger partial charge in [0.05, 0.1) is 29.8 Å². The van der Waals surface area contributed by atoms with Crippen LogP contribution in [-0.4, -0.2) is 52.7 Å². The molecule has 1 atom stereocenters. The first-order valence-electron chi connectivity index (χ1n) is 12.6. The maximum absolute atomic E-state index is 14.2. The molecule has 0 radical (unpaired) electrons. The number of ether oxygens (including phenoxy) is 2. The Kier molecular flexibility index (Phi) is 8.71. The average Bonchev–Trinajstić information content (AvgIpc) is 3.23. The van der Waals surface area contributed by atoms with Crippen molar-refractivity contribution in [2.75, 3.05) is 13.7 Å². The molecule has 41 heavy (non-hydrogen) atoms. The highest BCUT2D eigenvalue weighted by Crippen LogP contribution is 2.30. The van der Waals surface area contributed by atoms with E-state index in [1.807, 2.05) is 6.92 Å². The van der Waals surface area contributed by atoms with E-state index >= 15 is 0 Å². The van der Waals surface area contributed by atoms with Crippen molar-refractivity contribution in [2.45, 2.75) is 49.3 Å². The van der Waals surface area contributed by atoms with E-state index in [2.05, 4.69) is 10.1 Å². The molecule has 1 unspecified atom stereocenters. The van der Waals surface area contributed by atoms with Crippen LogP contribution in [0.4, 0.5) is 8.78 Å². The van der Waals surface area contributed by atoms with Gasteiger partial charge in [0.15, 0.2) is 4.90 Å². The van der Waals surface area contributed by atoms with Gasteiger partial charge in [-0.05, 0) is 56.2 Å². The average molecular weight is 589 g/mol. The quantitative estimate of drug-likeness (QED) is 0.296. The van der Waals surface area contributed by atoms with E-state index in [4.69, 9.17) is 9.47 Å². The van der Waals surface area contributed by atoms with Crippen molar-refractivity contribution in [1.29, 1.82) is 0 Å². The number of aryl methyl sites for hydroxylation is 1. The number of aromatic nitrogens is 4. The molecule has 0 saturated carbocycles. The molecule has 4 aromatic rings. The number of hydrogen-bond acceptors (Lipinski definition) is 8. The van der Waals surface area contributed by atoms with Gasteiger partial charge in [0.2, 0.25) is 15.7 Å². The molecule has 0 aliphatic carbocycles. The Morgan fingerprint density at radius 2 is 1.71 bits per heavy atom. The van der Waals surface area contributed by atoms with E-state index in [1.54, 1.807) is 43.9 Å². The van der Waals surface area contributed by atoms with E-state index in [0.717, 1.165) is 28.0 Å². The maximum Gasteiger partial charge on any atom is 0.277 e. The lowest BCUT2D eigenvalue weighted by molar-refractivity contribution is 0.0557. The Balaban J connectivity index is 1.90. The number of hydrogen-bond donors (Lipinski definition) is 1. The van der Waals surface area contributed by atoms with E-state index in [1.165, 1.54) is 19.2 Å². The first kappa shape index (κ1) is 30.0. The van der Waals surface area contributed by atoms with Crippen LogP contribution in [0.15, 0.2) is 63.2 Å². The van der Waals surface area contributed by atoms with Gasteiger partial charge in [-0.15, -0.1) is 0 Å². The minimum Gasteiger partial charge on any atom is -0.492 e. The predicted octanol–water partition coefficient (Wildman–Crippen LogP) is 3.93. The van der Waals surface area contributed by atoms with Crippen molar-refractivity contribution < 1.29 is 31.8 Å². The van der Waals surface area contributed by atoms with Gasteiger partial charge >= 0.3 is 0 Å². The van der Waals surface area contributed by atoms with Gasteiger partial charge in [-0.3, -0.25) is 14.0 Å². The molecule has 0 amide bonds. The smallest absolute Gasteiger partial charge is 0.277 e. The van der Waals surface area contributed by atoms with Crippen LogP contribution in [0, 0.1) is 18.6 Å². The molecule has 0 fully saturated rings. The molecule has 2 aromatic heterocycles. The summed E-state index contributed by atoms with van der Waals surface area (Å²) in [4.78, 5) is 16.7. The van der Waals surface area contributed by atoms with Gasteiger partial charge in [0.25, 0.3) is 5.56 Å². The summed E-state index contributed by atoms with van der Waals surface area (Å²) in [6, 6.07) is 7.22. The topological polar surface area (TPSA) is 126 Å². The van der Waals surface area contributed by atoms with Gasteiger partial charge in [-0.25, -0.2) is 17.2 Å². The van der Waals surface area contributed by atoms with Crippen LogP contribution in [0.3, 0.4) is 0 Å². The number of sulfone groups is 1. The second-order valence-electron chi connectivity index (χ2n) is 9.68. The first-order valence-corrected chi connectivity index (χ1v) is 14.1. The lowest BCUT2D eigenvalue weighted by atomic mass is 10.1. The zero-order valence-electron chi connectivity index (χ0n) is 23.1. The molecule has 4 rings (SSSR count). The monoisotopic (exact) mass is 588 g/mol. The number of methoxy groups -OCH3 is 1. The highest BCUT2D eigenvalue weighted by Gasteiger charge is 2.32. The zero-order chi connectivity index (χ0) is 30.1. The standard InChI is InChI=1S/C28H30F2N4O6S/c1-16(2)40-15-25-32-27(35)26(28(36)34(25)24(14-39-5)19-10-20(29)12-21(30)11-19)41(37,38)22-8-6-18(7-9-22)23-13-31-33(4)17(23)3/h6-13,16,24,35H,14-15H2,1-5H3. The molecule has 1 N–H and O–H groups in total. The second kappa shape index (κ2) is 11.9. The van der Waals surface area contributed by atoms with Crippen molar-refractivity contribution in [3.8, 4) is 17.0 Å². The third kappa shape index (κ3) is 6.06. The summed E-state index contributed by atoms with van der Waals surface area (Å²) in [5.41, 5.74) is 1.19. The molecule has 0 aliphatic heterocycles. The molecule has 0 bridgehead atoms. The van der Waals surface area contributed by atoms with Crippen LogP contribution >= 0.6 is 0 Å². The van der Waals surface area contributed by atoms with E-state index in [0.29, 0.717) is 11.6 Å². The highest BCUT2D eigenvalue weighted by molar-refractivity contribution is 7.91. The predicted molar refractivity (Wildman–Crippen MR) is 145 cm³/mol. The zero-order valence-corrected chi connectivity index (χ0v) is 23.9. The largest absolute Gasteiger partial charge is 0.492 e. The molecule has 2 aromatic carbocycles. The van der Waals surface area contributed by atoms with E-state index in [-0.39, 0.29) is 35.6 Å². The number of rotatable bonds is 10. The lowest BCUT2D eigenvalue weighted by Gasteiger charge is -2.24. The second-order valence-corrected chi connectivity index (χ2v) is 11.6. The summed E-state index contributed by atoms with van der Waals surface area (Å²) in [5, 5.41) is 15.0. The van der Waals surface area contributed by atoms with Gasteiger partial charge in [0.1, 0.15) is 24.1 Å². The van der Waals surface area contributed by atoms with Gasteiger partial charge < -0.3 is 14.6 Å². The molecule has 0 spiro atoms. The number of benzene rings is 2. The fraction of sp³-hybridized carbons (Fsp3) is 0.321. The molecule has 13 heteroatoms. The first-order chi connectivity index (χ1) is 19.3. The third-order valence-corrected chi connectivity index (χ3v) is 8.35. The van der Waals surface area contributed by atoms with Gasteiger partial charge in [-0.1, -0.05) is 12.1 Å². The Morgan fingerprint density at radius 3 is 2.24 bits per heavy atom. The molecule has 0 saturated heterocycles. The fourth-order valence-corrected chi connectivity index (χ4v) is 5.75. The number of halogens is 2. The van der Waals surface area contributed by atoms with Crippen molar-refractivity contribution in [3.63, 3.8) is 0 Å². The van der Waals surface area contributed by atoms with Crippen LogP contribution in [-0.2, 0) is 33.0 Å². The fourth-order valence-electron chi connectivity index (χ4n) is 4.41. The molecule has 10 nitrogen and oxygen atoms in total. The normalized spacial score (nSPS) is 12.7. The van der Waals surface area contributed by atoms with Crippen LogP contribution in [0.2, 0.25) is 0 Å². The van der Waals surface area contributed by atoms with Crippen molar-refractivity contribution in [1.82, 2.24) is 19.3 Å². The highest BCUT2D eigenvalue weighted by atomic mass is 32.2. The van der Waals surface area contributed by atoms with Gasteiger partial charge in [-0.2, -0.15) is 10.1 Å². The summed E-state index contributed by atoms with van der Waals surface area (Å²) < 4.78 is 69.3. The number of nitrogens with zero attached hydrogens (tertiary/aromatic N) is 4. The van der Waals surface area contributed by atoms with Crippen LogP contribution in [0.25, 0.3) is 11.1 Å². The van der Waals surface area contributed by atoms with Crippen LogP contribution in [0.1, 0.15) is 37.0 Å². The Morgan fingerprint density at radius 1 is 1.07 bits per heavy atom. The number of aromatic hydroxyl groups is 1. The van der Waals surface area contributed by atoms with Crippen molar-refractivity contribution >= 4 is 9.84 Å². The summed E-state index contributed by atoms with van der Waals surface area (Å²) in [7, 11) is -1.52. The molecule has 2 heterocycles. The maximum atomic E-state index is 14.2. The molecular formula is C28H30F2N4O6S. The van der Waals surface area contributed by atoms with E-state index in [9.17, 15) is 27.1 Å². The molecule has 0 aliphatic rings. The SMILES string of the molecule is COCC(c1cc(F)cc(F)c1)n1c(COC(C)C)nc(O)c(S(=O)(=O)c2ccc(-c3cnn(C)c3C)cc2)c1=O. The van der Waals surface area contributed by atoms with Crippen LogP contribution < -0.4 is 5.56 Å². The summed E-state index contributed by atoms with van der Waals surface area (Å²) in [6.45, 7) is 4.74. The summed E-state index contributed by atoms with van der Waals surface area (Å²) in [5.74, 6) is -2.99. The molecule has 218 valence electrons. The van der Waals surface area contributed by atoms with Crippen LogP contribution in [0.5, 0.6) is 5.88 Å². The summed E-state index contributed by atoms with van der Waals surface area (Å²) >= 11 is 0.